The average molecular weight is 197 g/mol. The zero-order valence-corrected chi connectivity index (χ0v) is 8.18. The molecule has 0 aliphatic rings. The predicted molar refractivity (Wildman–Crippen MR) is 63.5 cm³/mol. The molecule has 0 unspecified atom stereocenters. The lowest BCUT2D eigenvalue weighted by atomic mass is 10.0. The topological polar surface area (TPSA) is 43.1 Å². The van der Waals surface area contributed by atoms with Gasteiger partial charge in [-0.25, -0.2) is 0 Å². The van der Waals surface area contributed by atoms with Crippen LogP contribution in [0.5, 0.6) is 0 Å². The third-order valence-electron chi connectivity index (χ3n) is 2.35. The second-order valence-corrected chi connectivity index (χ2v) is 3.28. The molecule has 0 saturated heterocycles. The fourth-order valence-electron chi connectivity index (χ4n) is 1.63. The number of nitrogen functional groups attached to an aromatic ring is 1. The average Bonchev–Trinajstić information content (AvgIpc) is 2.29. The van der Waals surface area contributed by atoms with Crippen molar-refractivity contribution in [2.45, 2.75) is 0 Å². The predicted octanol–water partition coefficient (Wildman–Crippen LogP) is 2.63. The van der Waals surface area contributed by atoms with Crippen molar-refractivity contribution in [1.82, 2.24) is 0 Å². The Hall–Kier alpha value is -2.09. The Bertz CT molecular complexity index is 529. The summed E-state index contributed by atoms with van der Waals surface area (Å²) in [5, 5.41) is 2.08. The number of aldehydes is 1. The molecule has 2 aromatic rings. The first kappa shape index (κ1) is 9.46. The van der Waals surface area contributed by atoms with E-state index in [2.05, 4.69) is 0 Å². The van der Waals surface area contributed by atoms with Crippen LogP contribution in [0.3, 0.4) is 0 Å². The molecule has 74 valence electrons. The molecule has 0 fully saturated rings. The summed E-state index contributed by atoms with van der Waals surface area (Å²) in [6.07, 6.45) is 4.04. The van der Waals surface area contributed by atoms with Gasteiger partial charge in [-0.1, -0.05) is 36.4 Å². The summed E-state index contributed by atoms with van der Waals surface area (Å²) in [5.74, 6) is 0. The van der Waals surface area contributed by atoms with Crippen LogP contribution < -0.4 is 5.73 Å². The van der Waals surface area contributed by atoms with Gasteiger partial charge in [0, 0.05) is 11.1 Å². The van der Waals surface area contributed by atoms with Crippen molar-refractivity contribution in [1.29, 1.82) is 0 Å². The molecule has 0 spiro atoms. The minimum Gasteiger partial charge on any atom is -0.398 e. The molecule has 15 heavy (non-hydrogen) atoms. The highest BCUT2D eigenvalue weighted by molar-refractivity contribution is 5.99. The van der Waals surface area contributed by atoms with Crippen molar-refractivity contribution in [3.63, 3.8) is 0 Å². The van der Waals surface area contributed by atoms with E-state index in [9.17, 15) is 4.79 Å². The van der Waals surface area contributed by atoms with Crippen molar-refractivity contribution in [3.8, 4) is 0 Å². The molecule has 0 bridgehead atoms. The molecule has 2 nitrogen and oxygen atoms in total. The lowest BCUT2D eigenvalue weighted by Gasteiger charge is -2.04. The fourth-order valence-corrected chi connectivity index (χ4v) is 1.63. The normalized spacial score (nSPS) is 10.9. The molecule has 0 amide bonds. The number of nitrogens with two attached hydrogens (primary N) is 1. The number of carbonyl (C=O) groups excluding carboxylic acids is 1. The monoisotopic (exact) mass is 197 g/mol. The van der Waals surface area contributed by atoms with Crippen molar-refractivity contribution >= 4 is 28.8 Å². The zero-order valence-electron chi connectivity index (χ0n) is 8.18. The Kier molecular flexibility index (Phi) is 2.50. The Morgan fingerprint density at radius 1 is 1.00 bits per heavy atom. The SMILES string of the molecule is Nc1ccc(C=CC=O)c2ccccc12. The van der Waals surface area contributed by atoms with Gasteiger partial charge in [0.25, 0.3) is 0 Å². The third kappa shape index (κ3) is 1.74. The van der Waals surface area contributed by atoms with E-state index in [0.717, 1.165) is 28.3 Å². The van der Waals surface area contributed by atoms with Crippen LogP contribution in [0.4, 0.5) is 5.69 Å². The minimum atomic E-state index is 0.758. The van der Waals surface area contributed by atoms with E-state index in [-0.39, 0.29) is 0 Å². The van der Waals surface area contributed by atoms with E-state index in [4.69, 9.17) is 5.73 Å². The molecule has 0 radical (unpaired) electrons. The molecule has 0 aliphatic carbocycles. The van der Waals surface area contributed by atoms with Gasteiger partial charge >= 0.3 is 0 Å². The molecule has 2 heteroatoms. The van der Waals surface area contributed by atoms with E-state index < -0.39 is 0 Å². The number of fused-ring (bicyclic) bond motifs is 1. The smallest absolute Gasteiger partial charge is 0.142 e. The molecule has 0 aliphatic heterocycles. The molecular weight excluding hydrogens is 186 g/mol. The quantitative estimate of drug-likeness (QED) is 0.457. The number of allylic oxidation sites excluding steroid dienone is 1. The maximum atomic E-state index is 10.3. The fraction of sp³-hybridized carbons (Fsp3) is 0. The lowest BCUT2D eigenvalue weighted by molar-refractivity contribution is -0.104. The van der Waals surface area contributed by atoms with Gasteiger partial charge in [0.15, 0.2) is 0 Å². The van der Waals surface area contributed by atoms with Crippen LogP contribution in [0, 0.1) is 0 Å². The Morgan fingerprint density at radius 2 is 1.73 bits per heavy atom. The van der Waals surface area contributed by atoms with Gasteiger partial charge in [-0.05, 0) is 23.1 Å². The number of hydrogen-bond acceptors (Lipinski definition) is 2. The van der Waals surface area contributed by atoms with Crippen molar-refractivity contribution in [3.05, 3.63) is 48.0 Å². The first-order chi connectivity index (χ1) is 7.33. The summed E-state index contributed by atoms with van der Waals surface area (Å²) in [4.78, 5) is 10.3. The summed E-state index contributed by atoms with van der Waals surface area (Å²) in [6, 6.07) is 11.6. The summed E-state index contributed by atoms with van der Waals surface area (Å²) < 4.78 is 0. The van der Waals surface area contributed by atoms with E-state index in [1.54, 1.807) is 6.08 Å². The lowest BCUT2D eigenvalue weighted by Crippen LogP contribution is -1.88. The summed E-state index contributed by atoms with van der Waals surface area (Å²) in [7, 11) is 0. The molecule has 2 N–H and O–H groups in total. The number of carbonyl (C=O) groups is 1. The molecule has 0 saturated carbocycles. The van der Waals surface area contributed by atoms with Gasteiger partial charge in [0.05, 0.1) is 0 Å². The summed E-state index contributed by atoms with van der Waals surface area (Å²) >= 11 is 0. The van der Waals surface area contributed by atoms with E-state index in [1.807, 2.05) is 36.4 Å². The summed E-state index contributed by atoms with van der Waals surface area (Å²) in [5.41, 5.74) is 7.62. The van der Waals surface area contributed by atoms with Crippen molar-refractivity contribution in [2.75, 3.05) is 5.73 Å². The third-order valence-corrected chi connectivity index (χ3v) is 2.35. The van der Waals surface area contributed by atoms with Crippen LogP contribution in [0.1, 0.15) is 5.56 Å². The van der Waals surface area contributed by atoms with E-state index in [0.29, 0.717) is 0 Å². The van der Waals surface area contributed by atoms with Crippen LogP contribution >= 0.6 is 0 Å². The highest BCUT2D eigenvalue weighted by Crippen LogP contribution is 2.25. The number of rotatable bonds is 2. The van der Waals surface area contributed by atoms with Crippen LogP contribution in [-0.2, 0) is 4.79 Å². The van der Waals surface area contributed by atoms with Gasteiger partial charge in [0.1, 0.15) is 6.29 Å². The standard InChI is InChI=1S/C13H11NO/c14-13-8-7-10(4-3-9-15)11-5-1-2-6-12(11)13/h1-9H,14H2. The largest absolute Gasteiger partial charge is 0.398 e. The molecule has 0 atom stereocenters. The van der Waals surface area contributed by atoms with Crippen molar-refractivity contribution in [2.24, 2.45) is 0 Å². The van der Waals surface area contributed by atoms with Crippen LogP contribution in [0.2, 0.25) is 0 Å². The highest BCUT2D eigenvalue weighted by Gasteiger charge is 2.00. The highest BCUT2D eigenvalue weighted by atomic mass is 16.1. The number of benzene rings is 2. The number of anilines is 1. The molecule has 2 rings (SSSR count). The van der Waals surface area contributed by atoms with Crippen LogP contribution in [0.25, 0.3) is 16.8 Å². The van der Waals surface area contributed by atoms with E-state index >= 15 is 0 Å². The number of hydrogen-bond donors (Lipinski definition) is 1. The maximum Gasteiger partial charge on any atom is 0.142 e. The Balaban J connectivity index is 2.71. The second kappa shape index (κ2) is 3.96. The Labute approximate surface area is 88.0 Å². The van der Waals surface area contributed by atoms with Gasteiger partial charge in [0.2, 0.25) is 0 Å². The minimum absolute atomic E-state index is 0.758. The molecular formula is C13H11NO. The maximum absolute atomic E-state index is 10.3. The van der Waals surface area contributed by atoms with Gasteiger partial charge in [-0.15, -0.1) is 0 Å². The summed E-state index contributed by atoms with van der Waals surface area (Å²) in [6.45, 7) is 0. The van der Waals surface area contributed by atoms with Gasteiger partial charge in [-0.3, -0.25) is 4.79 Å². The molecule has 0 heterocycles. The van der Waals surface area contributed by atoms with Crippen LogP contribution in [-0.4, -0.2) is 6.29 Å². The Morgan fingerprint density at radius 3 is 2.47 bits per heavy atom. The van der Waals surface area contributed by atoms with Gasteiger partial charge in [-0.2, -0.15) is 0 Å². The van der Waals surface area contributed by atoms with Crippen LogP contribution in [0.15, 0.2) is 42.5 Å². The first-order valence-corrected chi connectivity index (χ1v) is 4.72. The zero-order chi connectivity index (χ0) is 10.7. The van der Waals surface area contributed by atoms with Gasteiger partial charge < -0.3 is 5.73 Å². The first-order valence-electron chi connectivity index (χ1n) is 4.72. The van der Waals surface area contributed by atoms with E-state index in [1.165, 1.54) is 6.08 Å². The second-order valence-electron chi connectivity index (χ2n) is 3.28. The van der Waals surface area contributed by atoms with Crippen molar-refractivity contribution < 1.29 is 4.79 Å². The molecule has 2 aromatic carbocycles. The molecule has 0 aromatic heterocycles.